The zero-order valence-corrected chi connectivity index (χ0v) is 18.9. The third-order valence-electron chi connectivity index (χ3n) is 3.86. The van der Waals surface area contributed by atoms with Crippen LogP contribution in [0.15, 0.2) is 0 Å². The van der Waals surface area contributed by atoms with Gasteiger partial charge in [-0.15, -0.1) is 0 Å². The minimum absolute atomic E-state index is 0.00220. The SMILES string of the molecule is CCCCC(CC)C(=O)OCCOCCOCCOCCNC(=O)OC(C)(C)C. The lowest BCUT2D eigenvalue weighted by molar-refractivity contribution is -0.150. The molecule has 0 spiro atoms. The van der Waals surface area contributed by atoms with Gasteiger partial charge >= 0.3 is 12.1 Å². The summed E-state index contributed by atoms with van der Waals surface area (Å²) in [6.07, 6.45) is 3.38. The highest BCUT2D eigenvalue weighted by Crippen LogP contribution is 2.14. The number of carbonyl (C=O) groups excluding carboxylic acids is 2. The molecule has 1 atom stereocenters. The van der Waals surface area contributed by atoms with Crippen molar-refractivity contribution < 1.29 is 33.3 Å². The average molecular weight is 420 g/mol. The van der Waals surface area contributed by atoms with Gasteiger partial charge < -0.3 is 29.0 Å². The van der Waals surface area contributed by atoms with E-state index in [0.29, 0.717) is 46.2 Å². The first-order chi connectivity index (χ1) is 13.8. The predicted octanol–water partition coefficient (Wildman–Crippen LogP) is 3.32. The lowest BCUT2D eigenvalue weighted by Gasteiger charge is -2.19. The molecule has 29 heavy (non-hydrogen) atoms. The van der Waals surface area contributed by atoms with Crippen LogP contribution in [0.3, 0.4) is 0 Å². The number of hydrogen-bond donors (Lipinski definition) is 1. The van der Waals surface area contributed by atoms with Crippen LogP contribution in [0.2, 0.25) is 0 Å². The number of esters is 1. The van der Waals surface area contributed by atoms with Crippen LogP contribution in [0, 0.1) is 5.92 Å². The number of nitrogens with one attached hydrogen (secondary N) is 1. The highest BCUT2D eigenvalue weighted by molar-refractivity contribution is 5.72. The third-order valence-corrected chi connectivity index (χ3v) is 3.86. The molecule has 0 aromatic carbocycles. The summed E-state index contributed by atoms with van der Waals surface area (Å²) in [5, 5.41) is 2.62. The van der Waals surface area contributed by atoms with E-state index in [1.807, 2.05) is 27.7 Å². The Labute approximate surface area is 175 Å². The summed E-state index contributed by atoms with van der Waals surface area (Å²) in [5.41, 5.74) is -0.505. The second kappa shape index (κ2) is 17.5. The minimum atomic E-state index is -0.505. The molecule has 172 valence electrons. The maximum absolute atomic E-state index is 11.9. The maximum Gasteiger partial charge on any atom is 0.407 e. The van der Waals surface area contributed by atoms with Gasteiger partial charge in [-0.2, -0.15) is 0 Å². The molecule has 0 aromatic heterocycles. The van der Waals surface area contributed by atoms with Crippen LogP contribution in [0.4, 0.5) is 4.79 Å². The van der Waals surface area contributed by atoms with E-state index in [4.69, 9.17) is 23.7 Å². The van der Waals surface area contributed by atoms with Crippen molar-refractivity contribution in [1.29, 1.82) is 0 Å². The first-order valence-electron chi connectivity index (χ1n) is 10.7. The first-order valence-corrected chi connectivity index (χ1v) is 10.7. The van der Waals surface area contributed by atoms with Crippen LogP contribution in [0.25, 0.3) is 0 Å². The summed E-state index contributed by atoms with van der Waals surface area (Å²) in [6, 6.07) is 0. The van der Waals surface area contributed by atoms with Crippen molar-refractivity contribution in [3.63, 3.8) is 0 Å². The molecule has 0 rings (SSSR count). The molecular formula is C21H41NO7. The number of ether oxygens (including phenoxy) is 5. The normalized spacial score (nSPS) is 12.4. The van der Waals surface area contributed by atoms with Gasteiger partial charge in [0.1, 0.15) is 12.2 Å². The second-order valence-corrected chi connectivity index (χ2v) is 7.68. The zero-order valence-electron chi connectivity index (χ0n) is 18.9. The topological polar surface area (TPSA) is 92.3 Å². The van der Waals surface area contributed by atoms with Crippen molar-refractivity contribution >= 4 is 12.1 Å². The smallest absolute Gasteiger partial charge is 0.407 e. The van der Waals surface area contributed by atoms with Gasteiger partial charge in [0, 0.05) is 6.54 Å². The number of hydrogen-bond acceptors (Lipinski definition) is 7. The molecule has 1 amide bonds. The fourth-order valence-electron chi connectivity index (χ4n) is 2.34. The van der Waals surface area contributed by atoms with E-state index in [9.17, 15) is 9.59 Å². The number of rotatable bonds is 17. The largest absolute Gasteiger partial charge is 0.463 e. The summed E-state index contributed by atoms with van der Waals surface area (Å²) in [4.78, 5) is 23.3. The van der Waals surface area contributed by atoms with Gasteiger partial charge in [0.25, 0.3) is 0 Å². The van der Waals surface area contributed by atoms with Gasteiger partial charge in [-0.25, -0.2) is 4.79 Å². The average Bonchev–Trinajstić information content (AvgIpc) is 2.64. The van der Waals surface area contributed by atoms with E-state index in [1.54, 1.807) is 0 Å². The quantitative estimate of drug-likeness (QED) is 0.286. The molecule has 0 fully saturated rings. The maximum atomic E-state index is 11.9. The number of amides is 1. The van der Waals surface area contributed by atoms with Gasteiger partial charge in [0.2, 0.25) is 0 Å². The Hall–Kier alpha value is -1.38. The fraction of sp³-hybridized carbons (Fsp3) is 0.905. The van der Waals surface area contributed by atoms with E-state index < -0.39 is 11.7 Å². The van der Waals surface area contributed by atoms with Gasteiger partial charge in [0.05, 0.1) is 45.6 Å². The summed E-state index contributed by atoms with van der Waals surface area (Å²) in [6.45, 7) is 12.7. The minimum Gasteiger partial charge on any atom is -0.463 e. The Kier molecular flexibility index (Phi) is 16.6. The summed E-state index contributed by atoms with van der Waals surface area (Å²) < 4.78 is 26.5. The van der Waals surface area contributed by atoms with Crippen molar-refractivity contribution in [1.82, 2.24) is 5.32 Å². The Morgan fingerprint density at radius 3 is 1.93 bits per heavy atom. The van der Waals surface area contributed by atoms with Crippen LogP contribution in [0.5, 0.6) is 0 Å². The van der Waals surface area contributed by atoms with Crippen LogP contribution in [-0.4, -0.2) is 70.5 Å². The number of unbranched alkanes of at least 4 members (excludes halogenated alkanes) is 1. The van der Waals surface area contributed by atoms with Crippen molar-refractivity contribution in [2.24, 2.45) is 5.92 Å². The summed E-state index contributed by atoms with van der Waals surface area (Å²) >= 11 is 0. The van der Waals surface area contributed by atoms with Crippen molar-refractivity contribution in [3.05, 3.63) is 0 Å². The molecule has 0 aliphatic heterocycles. The van der Waals surface area contributed by atoms with E-state index in [0.717, 1.165) is 25.7 Å². The first kappa shape index (κ1) is 27.6. The van der Waals surface area contributed by atoms with Crippen molar-refractivity contribution in [2.75, 3.05) is 52.8 Å². The molecular weight excluding hydrogens is 378 g/mol. The molecule has 0 aliphatic rings. The third kappa shape index (κ3) is 18.4. The Balaban J connectivity index is 3.39. The van der Waals surface area contributed by atoms with Crippen LogP contribution >= 0.6 is 0 Å². The molecule has 1 N–H and O–H groups in total. The Morgan fingerprint density at radius 1 is 0.862 bits per heavy atom. The zero-order chi connectivity index (χ0) is 22.0. The number of carbonyl (C=O) groups is 2. The van der Waals surface area contributed by atoms with E-state index in [2.05, 4.69) is 12.2 Å². The second-order valence-electron chi connectivity index (χ2n) is 7.68. The van der Waals surface area contributed by atoms with Gasteiger partial charge in [-0.05, 0) is 33.6 Å². The van der Waals surface area contributed by atoms with E-state index in [1.165, 1.54) is 0 Å². The Bertz CT molecular complexity index is 424. The molecule has 0 radical (unpaired) electrons. The standard InChI is InChI=1S/C21H41NO7/c1-6-8-9-18(7-2)19(23)28-17-16-27-15-14-26-13-12-25-11-10-22-20(24)29-21(3,4)5/h18H,6-17H2,1-5H3,(H,22,24). The van der Waals surface area contributed by atoms with E-state index in [-0.39, 0.29) is 18.5 Å². The molecule has 8 nitrogen and oxygen atoms in total. The van der Waals surface area contributed by atoms with Crippen molar-refractivity contribution in [3.8, 4) is 0 Å². The van der Waals surface area contributed by atoms with Crippen LogP contribution in [-0.2, 0) is 28.5 Å². The molecule has 0 bridgehead atoms. The van der Waals surface area contributed by atoms with E-state index >= 15 is 0 Å². The highest BCUT2D eigenvalue weighted by Gasteiger charge is 2.17. The number of alkyl carbamates (subject to hydrolysis) is 1. The molecule has 0 saturated carbocycles. The summed E-state index contributed by atoms with van der Waals surface area (Å²) in [7, 11) is 0. The van der Waals surface area contributed by atoms with Crippen LogP contribution < -0.4 is 5.32 Å². The molecule has 8 heteroatoms. The van der Waals surface area contributed by atoms with Crippen molar-refractivity contribution in [2.45, 2.75) is 65.9 Å². The Morgan fingerprint density at radius 2 is 1.41 bits per heavy atom. The molecule has 0 aliphatic carbocycles. The fourth-order valence-corrected chi connectivity index (χ4v) is 2.34. The molecule has 0 saturated heterocycles. The van der Waals surface area contributed by atoms with Gasteiger partial charge in [0.15, 0.2) is 0 Å². The predicted molar refractivity (Wildman–Crippen MR) is 111 cm³/mol. The lowest BCUT2D eigenvalue weighted by Crippen LogP contribution is -2.34. The van der Waals surface area contributed by atoms with Crippen LogP contribution in [0.1, 0.15) is 60.3 Å². The lowest BCUT2D eigenvalue weighted by atomic mass is 10.00. The monoisotopic (exact) mass is 419 g/mol. The van der Waals surface area contributed by atoms with Gasteiger partial charge in [-0.1, -0.05) is 26.7 Å². The molecule has 1 unspecified atom stereocenters. The summed E-state index contributed by atoms with van der Waals surface area (Å²) in [5.74, 6) is -0.128. The molecule has 0 aromatic rings. The van der Waals surface area contributed by atoms with Gasteiger partial charge in [-0.3, -0.25) is 4.79 Å². The highest BCUT2D eigenvalue weighted by atomic mass is 16.6. The molecule has 0 heterocycles.